The van der Waals surface area contributed by atoms with Gasteiger partial charge in [-0.1, -0.05) is 63.5 Å². The minimum atomic E-state index is -2.17. The lowest BCUT2D eigenvalue weighted by atomic mass is 9.71. The number of hydrogen-bond donors (Lipinski definition) is 3. The second-order valence-corrected chi connectivity index (χ2v) is 19.6. The Kier molecular flexibility index (Phi) is 16.5. The van der Waals surface area contributed by atoms with Crippen LogP contribution < -0.4 is 0 Å². The number of rotatable bonds is 7. The normalized spacial score (nSPS) is 45.2. The molecule has 0 aromatic rings. The molecule has 16 atom stereocenters. The molecule has 0 aromatic carbocycles. The van der Waals surface area contributed by atoms with E-state index in [1.807, 2.05) is 32.9 Å². The molecule has 1 saturated carbocycles. The molecule has 15 nitrogen and oxygen atoms in total. The summed E-state index contributed by atoms with van der Waals surface area (Å²) in [7, 11) is 3.03. The van der Waals surface area contributed by atoms with Gasteiger partial charge in [0, 0.05) is 39.4 Å². The van der Waals surface area contributed by atoms with E-state index in [9.17, 15) is 24.9 Å². The summed E-state index contributed by atoms with van der Waals surface area (Å²) in [5.41, 5.74) is -0.232. The lowest BCUT2D eigenvalue weighted by Crippen LogP contribution is -2.60. The van der Waals surface area contributed by atoms with Crippen molar-refractivity contribution in [2.45, 2.75) is 204 Å². The number of aliphatic hydroxyl groups is 3. The molecule has 0 aromatic heterocycles. The van der Waals surface area contributed by atoms with Crippen LogP contribution in [0.25, 0.3) is 0 Å². The number of carbonyl (C=O) groups is 2. The summed E-state index contributed by atoms with van der Waals surface area (Å²) in [6, 6.07) is 0. The van der Waals surface area contributed by atoms with E-state index in [2.05, 4.69) is 13.0 Å². The van der Waals surface area contributed by atoms with Gasteiger partial charge in [-0.2, -0.15) is 0 Å². The smallest absolute Gasteiger partial charge is 0.316 e. The van der Waals surface area contributed by atoms with E-state index >= 15 is 0 Å². The van der Waals surface area contributed by atoms with Gasteiger partial charge in [0.25, 0.3) is 0 Å². The van der Waals surface area contributed by atoms with Crippen molar-refractivity contribution in [1.82, 2.24) is 0 Å². The number of fused-ring (bicyclic) bond motifs is 2. The first kappa shape index (κ1) is 49.5. The average molecular weight is 903 g/mol. The third-order valence-corrected chi connectivity index (χ3v) is 15.1. The van der Waals surface area contributed by atoms with Gasteiger partial charge < -0.3 is 53.2 Å². The van der Waals surface area contributed by atoms with Crippen LogP contribution in [0.5, 0.6) is 0 Å². The Balaban J connectivity index is 1.16. The van der Waals surface area contributed by atoms with Crippen molar-refractivity contribution in [3.8, 4) is 0 Å². The minimum Gasteiger partial charge on any atom is -0.462 e. The fraction of sp³-hybridized carbons (Fsp3) is 0.796. The molecule has 0 radical (unpaired) electrons. The minimum absolute atomic E-state index is 0.0284. The highest BCUT2D eigenvalue weighted by Crippen LogP contribution is 2.45. The van der Waals surface area contributed by atoms with Gasteiger partial charge in [-0.05, 0) is 94.8 Å². The van der Waals surface area contributed by atoms with Crippen LogP contribution in [0.4, 0.5) is 0 Å². The van der Waals surface area contributed by atoms with Crippen molar-refractivity contribution >= 4 is 11.8 Å². The molecule has 2 bridgehead atoms. The van der Waals surface area contributed by atoms with Gasteiger partial charge in [0.15, 0.2) is 24.5 Å². The van der Waals surface area contributed by atoms with E-state index in [1.165, 1.54) is 32.4 Å². The molecule has 5 heterocycles. The molecule has 7 aliphatic rings. The van der Waals surface area contributed by atoms with Gasteiger partial charge in [-0.25, -0.2) is 9.78 Å². The van der Waals surface area contributed by atoms with E-state index in [0.717, 1.165) is 31.3 Å². The van der Waals surface area contributed by atoms with Crippen molar-refractivity contribution in [3.05, 3.63) is 47.1 Å². The highest BCUT2D eigenvalue weighted by atomic mass is 17.2. The number of allylic oxidation sites excluding steroid dienone is 2. The Morgan fingerprint density at radius 2 is 1.56 bits per heavy atom. The molecule has 5 aliphatic heterocycles. The van der Waals surface area contributed by atoms with E-state index in [4.69, 9.17) is 47.7 Å². The molecule has 0 amide bonds. The molecule has 2 aliphatic carbocycles. The van der Waals surface area contributed by atoms with Crippen molar-refractivity contribution < 1.29 is 72.6 Å². The van der Waals surface area contributed by atoms with Crippen molar-refractivity contribution in [2.75, 3.05) is 20.8 Å². The maximum absolute atomic E-state index is 14.3. The third kappa shape index (κ3) is 10.7. The molecular weight excluding hydrogens is 829 g/mol. The highest BCUT2D eigenvalue weighted by molar-refractivity contribution is 6.03. The van der Waals surface area contributed by atoms with Crippen LogP contribution in [0.1, 0.15) is 119 Å². The number of ketones is 1. The average Bonchev–Trinajstić information content (AvgIpc) is 3.61. The monoisotopic (exact) mass is 903 g/mol. The molecule has 360 valence electrons. The first-order valence-corrected chi connectivity index (χ1v) is 23.8. The molecule has 4 saturated heterocycles. The summed E-state index contributed by atoms with van der Waals surface area (Å²) in [5.74, 6) is -3.86. The highest BCUT2D eigenvalue weighted by Gasteiger charge is 2.60. The lowest BCUT2D eigenvalue weighted by Gasteiger charge is -2.46. The number of esters is 1. The van der Waals surface area contributed by atoms with Crippen molar-refractivity contribution in [2.24, 2.45) is 23.7 Å². The number of Topliss-reactive ketones (excluding diaryl/α,β-unsaturated/α-hetero) is 1. The van der Waals surface area contributed by atoms with Crippen molar-refractivity contribution in [3.63, 3.8) is 0 Å². The van der Waals surface area contributed by atoms with Crippen LogP contribution in [-0.4, -0.2) is 133 Å². The Morgan fingerprint density at radius 1 is 0.812 bits per heavy atom. The second kappa shape index (κ2) is 21.3. The van der Waals surface area contributed by atoms with E-state index in [0.29, 0.717) is 42.7 Å². The predicted octanol–water partition coefficient (Wildman–Crippen LogP) is 5.87. The quantitative estimate of drug-likeness (QED) is 0.119. The largest absolute Gasteiger partial charge is 0.462 e. The molecule has 15 heteroatoms. The van der Waals surface area contributed by atoms with E-state index < -0.39 is 90.8 Å². The summed E-state index contributed by atoms with van der Waals surface area (Å²) in [4.78, 5) is 40.6. The zero-order chi connectivity index (χ0) is 45.9. The second-order valence-electron chi connectivity index (χ2n) is 19.6. The Hall–Kier alpha value is -2.38. The first-order chi connectivity index (χ1) is 30.5. The summed E-state index contributed by atoms with van der Waals surface area (Å²) in [6.45, 7) is 11.3. The van der Waals surface area contributed by atoms with Crippen LogP contribution in [0.15, 0.2) is 47.1 Å². The maximum atomic E-state index is 14.3. The fourth-order valence-corrected chi connectivity index (χ4v) is 11.1. The van der Waals surface area contributed by atoms with Gasteiger partial charge in [0.1, 0.15) is 35.9 Å². The molecular formula is C49H74O15. The Morgan fingerprint density at radius 3 is 2.30 bits per heavy atom. The van der Waals surface area contributed by atoms with Crippen molar-refractivity contribution in [1.29, 1.82) is 0 Å². The van der Waals surface area contributed by atoms with Crippen LogP contribution in [-0.2, 0) is 57.3 Å². The van der Waals surface area contributed by atoms with Crippen LogP contribution >= 0.6 is 0 Å². The Labute approximate surface area is 378 Å². The molecule has 64 heavy (non-hydrogen) atoms. The summed E-state index contributed by atoms with van der Waals surface area (Å²) in [6.07, 6.45) is 10.9. The zero-order valence-electron chi connectivity index (χ0n) is 39.1. The van der Waals surface area contributed by atoms with Crippen LogP contribution in [0.3, 0.4) is 0 Å². The van der Waals surface area contributed by atoms with E-state index in [1.54, 1.807) is 27.0 Å². The zero-order valence-corrected chi connectivity index (χ0v) is 39.1. The predicted molar refractivity (Wildman–Crippen MR) is 232 cm³/mol. The number of hydrogen-bond acceptors (Lipinski definition) is 15. The third-order valence-electron chi connectivity index (χ3n) is 15.1. The number of methoxy groups -OCH3 is 2. The molecule has 5 fully saturated rings. The standard InChI is InChI=1S/C49H74O15/c1-27-14-12-18-34-26-57-46-42(50)30(4)22-37(48(34,46)52)47(51)60-35-19-13-15-28(2)44(33-16-10-9-11-17-33)64-63-36(23-35)21-20-29(3)43(27)61-40-24-38(55-7)45(31(5)58-40)62-41-25-39(56-8)49(53,54)32(6)59-41/h12,14,18,20,22,27-28,31-33,35-41,43-46,52-54H,9-11,13,15-17,19,21,23-26H2,1-8H3/b14-12+,29-20+,34-18+/t27-,28-,31?,32?,35+,36+,37-,38?,39?,40-,41-,43-,44-,45-,46+,48+/m0/s1. The van der Waals surface area contributed by atoms with Gasteiger partial charge in [-0.3, -0.25) is 9.59 Å². The molecule has 0 spiro atoms. The topological polar surface area (TPSA) is 187 Å². The van der Waals surface area contributed by atoms with Crippen LogP contribution in [0.2, 0.25) is 0 Å². The Bertz CT molecular complexity index is 1730. The number of ether oxygens (including phenoxy) is 8. The summed E-state index contributed by atoms with van der Waals surface area (Å²) < 4.78 is 49.3. The van der Waals surface area contributed by atoms with Gasteiger partial charge in [-0.15, -0.1) is 0 Å². The van der Waals surface area contributed by atoms with Gasteiger partial charge in [0.2, 0.25) is 5.79 Å². The van der Waals surface area contributed by atoms with Gasteiger partial charge in [0.05, 0.1) is 37.1 Å². The molecule has 7 rings (SSSR count). The SMILES string of the molecule is COC1C[C@H](O[C@@H]2/C(C)=C/C[C@@H]3C[C@@H](CCC[C@H](C)[C@@H](C4CCCCC4)OO3)OC(=O)[C@@H]3C=C(C)C(=O)[C@H]4OC/C(=C\C=C\[C@@H]2C)[C@]43O)OC(C)[C@@H]1O[C@H]1CC(OC)C(O)(O)C(C)O1. The number of carbonyl (C=O) groups excluding carboxylic acids is 2. The molecule has 3 N–H and O–H groups in total. The van der Waals surface area contributed by atoms with E-state index in [-0.39, 0.29) is 36.8 Å². The summed E-state index contributed by atoms with van der Waals surface area (Å²) >= 11 is 0. The van der Waals surface area contributed by atoms with Gasteiger partial charge >= 0.3 is 5.97 Å². The fourth-order valence-electron chi connectivity index (χ4n) is 11.1. The lowest BCUT2D eigenvalue weighted by molar-refractivity contribution is -0.371. The maximum Gasteiger partial charge on any atom is 0.316 e. The molecule has 4 unspecified atom stereocenters. The first-order valence-electron chi connectivity index (χ1n) is 23.8. The summed E-state index contributed by atoms with van der Waals surface area (Å²) in [5, 5.41) is 33.5. The van der Waals surface area contributed by atoms with Crippen LogP contribution in [0, 0.1) is 23.7 Å².